The maximum atomic E-state index is 9.03. The summed E-state index contributed by atoms with van der Waals surface area (Å²) in [5.74, 6) is -0.631. The van der Waals surface area contributed by atoms with Crippen LogP contribution in [-0.2, 0) is 0 Å². The van der Waals surface area contributed by atoms with Gasteiger partial charge in [-0.05, 0) is 17.2 Å². The molecule has 1 aliphatic carbocycles. The Kier molecular flexibility index (Phi) is 2.11. The van der Waals surface area contributed by atoms with Gasteiger partial charge in [0.05, 0.1) is 5.57 Å². The maximum absolute atomic E-state index is 9.03. The second-order valence-electron chi connectivity index (χ2n) is 3.04. The fourth-order valence-electron chi connectivity index (χ4n) is 1.48. The van der Waals surface area contributed by atoms with Crippen molar-refractivity contribution < 1.29 is 10.2 Å². The second kappa shape index (κ2) is 3.42. The number of hydrogen-bond donors (Lipinski definition) is 2. The number of rotatable bonds is 1. The third kappa shape index (κ3) is 1.42. The predicted molar refractivity (Wildman–Crippen MR) is 55.8 cm³/mol. The zero-order valence-electron chi connectivity index (χ0n) is 7.51. The lowest BCUT2D eigenvalue weighted by molar-refractivity contribution is 0.188. The van der Waals surface area contributed by atoms with Crippen LogP contribution < -0.4 is 0 Å². The Bertz CT molecular complexity index is 421. The van der Waals surface area contributed by atoms with Gasteiger partial charge in [-0.2, -0.15) is 0 Å². The van der Waals surface area contributed by atoms with Crippen molar-refractivity contribution in [1.82, 2.24) is 0 Å². The lowest BCUT2D eigenvalue weighted by Gasteiger charge is -2.04. The van der Waals surface area contributed by atoms with E-state index in [9.17, 15) is 0 Å². The molecule has 1 aromatic rings. The van der Waals surface area contributed by atoms with Crippen molar-refractivity contribution >= 4 is 5.57 Å². The molecule has 0 unspecified atom stereocenters. The molecule has 0 heterocycles. The van der Waals surface area contributed by atoms with Crippen LogP contribution >= 0.6 is 0 Å². The quantitative estimate of drug-likeness (QED) is 0.662. The summed E-state index contributed by atoms with van der Waals surface area (Å²) in [6.45, 7) is 0. The topological polar surface area (TPSA) is 40.5 Å². The molecule has 1 aliphatic rings. The fourth-order valence-corrected chi connectivity index (χ4v) is 1.48. The van der Waals surface area contributed by atoms with Crippen LogP contribution in [0.1, 0.15) is 5.56 Å². The molecule has 70 valence electrons. The Morgan fingerprint density at radius 1 is 1.00 bits per heavy atom. The summed E-state index contributed by atoms with van der Waals surface area (Å²) in [6, 6.07) is 9.62. The molecule has 14 heavy (non-hydrogen) atoms. The minimum absolute atomic E-state index is 0.469. The highest BCUT2D eigenvalue weighted by atomic mass is 16.5. The van der Waals surface area contributed by atoms with E-state index in [0.29, 0.717) is 5.57 Å². The molecule has 0 atom stereocenters. The summed E-state index contributed by atoms with van der Waals surface area (Å²) in [4.78, 5) is 0. The Balaban J connectivity index is 2.44. The molecule has 2 nitrogen and oxygen atoms in total. The predicted octanol–water partition coefficient (Wildman–Crippen LogP) is 2.97. The van der Waals surface area contributed by atoms with Gasteiger partial charge in [0.1, 0.15) is 0 Å². The van der Waals surface area contributed by atoms with Gasteiger partial charge in [-0.3, -0.25) is 0 Å². The van der Waals surface area contributed by atoms with Crippen molar-refractivity contribution in [2.45, 2.75) is 0 Å². The van der Waals surface area contributed by atoms with Gasteiger partial charge in [0.2, 0.25) is 0 Å². The van der Waals surface area contributed by atoms with Gasteiger partial charge in [-0.1, -0.05) is 42.5 Å². The van der Waals surface area contributed by atoms with Gasteiger partial charge in [0, 0.05) is 0 Å². The number of hydrogen-bond acceptors (Lipinski definition) is 2. The standard InChI is InChI=1S/C12H10O2/c13-12(14)11-8-4-7-10(11)9-5-2-1-3-6-9/h1-8,13-14H. The van der Waals surface area contributed by atoms with E-state index in [0.717, 1.165) is 11.1 Å². The Labute approximate surface area is 82.1 Å². The van der Waals surface area contributed by atoms with Crippen LogP contribution in [0.25, 0.3) is 5.57 Å². The first-order valence-corrected chi connectivity index (χ1v) is 4.35. The van der Waals surface area contributed by atoms with Crippen molar-refractivity contribution in [1.29, 1.82) is 0 Å². The molecule has 0 saturated carbocycles. The van der Waals surface area contributed by atoms with Crippen molar-refractivity contribution in [3.63, 3.8) is 0 Å². The number of aliphatic hydroxyl groups is 2. The average molecular weight is 186 g/mol. The van der Waals surface area contributed by atoms with Crippen molar-refractivity contribution in [2.75, 3.05) is 0 Å². The molecule has 0 radical (unpaired) electrons. The molecule has 0 spiro atoms. The molecule has 0 aliphatic heterocycles. The second-order valence-corrected chi connectivity index (χ2v) is 3.04. The van der Waals surface area contributed by atoms with Crippen molar-refractivity contribution in [3.05, 3.63) is 65.6 Å². The summed E-state index contributed by atoms with van der Waals surface area (Å²) in [5.41, 5.74) is 2.29. The molecule has 0 bridgehead atoms. The molecule has 0 saturated heterocycles. The Morgan fingerprint density at radius 3 is 2.36 bits per heavy atom. The number of allylic oxidation sites excluding steroid dienone is 5. The van der Waals surface area contributed by atoms with E-state index in [2.05, 4.69) is 0 Å². The molecule has 2 N–H and O–H groups in total. The van der Waals surface area contributed by atoms with E-state index < -0.39 is 5.95 Å². The first-order chi connectivity index (χ1) is 6.79. The van der Waals surface area contributed by atoms with Crippen LogP contribution in [-0.4, -0.2) is 10.2 Å². The number of benzene rings is 1. The van der Waals surface area contributed by atoms with E-state index >= 15 is 0 Å². The van der Waals surface area contributed by atoms with Crippen LogP contribution in [0.2, 0.25) is 0 Å². The Morgan fingerprint density at radius 2 is 1.71 bits per heavy atom. The molecular formula is C12H10O2. The lowest BCUT2D eigenvalue weighted by atomic mass is 10.0. The monoisotopic (exact) mass is 186 g/mol. The lowest BCUT2D eigenvalue weighted by Crippen LogP contribution is -1.89. The molecule has 2 heteroatoms. The SMILES string of the molecule is OC(O)=C1C=CC=C1c1ccccc1. The summed E-state index contributed by atoms with van der Waals surface area (Å²) in [5, 5.41) is 18.1. The molecular weight excluding hydrogens is 176 g/mol. The third-order valence-corrected chi connectivity index (χ3v) is 2.14. The van der Waals surface area contributed by atoms with Gasteiger partial charge in [0.25, 0.3) is 5.95 Å². The highest BCUT2D eigenvalue weighted by molar-refractivity contribution is 5.85. The van der Waals surface area contributed by atoms with Crippen LogP contribution in [0.3, 0.4) is 0 Å². The highest BCUT2D eigenvalue weighted by Gasteiger charge is 2.12. The summed E-state index contributed by atoms with van der Waals surface area (Å²) >= 11 is 0. The minimum Gasteiger partial charge on any atom is -0.481 e. The number of aliphatic hydroxyl groups excluding tert-OH is 1. The largest absolute Gasteiger partial charge is 0.481 e. The molecule has 0 aromatic heterocycles. The first kappa shape index (κ1) is 8.63. The van der Waals surface area contributed by atoms with Crippen LogP contribution in [0.5, 0.6) is 0 Å². The van der Waals surface area contributed by atoms with Crippen molar-refractivity contribution in [3.8, 4) is 0 Å². The zero-order valence-corrected chi connectivity index (χ0v) is 7.51. The maximum Gasteiger partial charge on any atom is 0.282 e. The summed E-state index contributed by atoms with van der Waals surface area (Å²) < 4.78 is 0. The Hall–Kier alpha value is -1.96. The fraction of sp³-hybridized carbons (Fsp3) is 0. The van der Waals surface area contributed by atoms with E-state index in [1.54, 1.807) is 12.2 Å². The van der Waals surface area contributed by atoms with E-state index in [-0.39, 0.29) is 0 Å². The van der Waals surface area contributed by atoms with Gasteiger partial charge in [0.15, 0.2) is 0 Å². The minimum atomic E-state index is -0.631. The van der Waals surface area contributed by atoms with E-state index in [4.69, 9.17) is 10.2 Å². The smallest absolute Gasteiger partial charge is 0.282 e. The molecule has 2 rings (SSSR count). The summed E-state index contributed by atoms with van der Waals surface area (Å²) in [7, 11) is 0. The van der Waals surface area contributed by atoms with Gasteiger partial charge in [-0.15, -0.1) is 0 Å². The normalized spacial score (nSPS) is 14.3. The van der Waals surface area contributed by atoms with Crippen LogP contribution in [0.4, 0.5) is 0 Å². The summed E-state index contributed by atoms with van der Waals surface area (Å²) in [6.07, 6.45) is 5.33. The highest BCUT2D eigenvalue weighted by Crippen LogP contribution is 2.29. The van der Waals surface area contributed by atoms with Crippen LogP contribution in [0.15, 0.2) is 60.1 Å². The van der Waals surface area contributed by atoms with Gasteiger partial charge < -0.3 is 10.2 Å². The molecule has 0 fully saturated rings. The molecule has 0 amide bonds. The van der Waals surface area contributed by atoms with E-state index in [1.165, 1.54) is 0 Å². The average Bonchev–Trinajstić information content (AvgIpc) is 2.67. The molecule has 1 aromatic carbocycles. The van der Waals surface area contributed by atoms with Crippen molar-refractivity contribution in [2.24, 2.45) is 0 Å². The van der Waals surface area contributed by atoms with Crippen LogP contribution in [0, 0.1) is 0 Å². The zero-order chi connectivity index (χ0) is 9.97. The van der Waals surface area contributed by atoms with Gasteiger partial charge in [-0.25, -0.2) is 0 Å². The third-order valence-electron chi connectivity index (χ3n) is 2.14. The first-order valence-electron chi connectivity index (χ1n) is 4.35. The van der Waals surface area contributed by atoms with E-state index in [1.807, 2.05) is 36.4 Å². The van der Waals surface area contributed by atoms with Gasteiger partial charge >= 0.3 is 0 Å².